The van der Waals surface area contributed by atoms with E-state index in [0.29, 0.717) is 26.1 Å². The van der Waals surface area contributed by atoms with Gasteiger partial charge < -0.3 is 4.42 Å². The predicted octanol–water partition coefficient (Wildman–Crippen LogP) is 2.92. The lowest BCUT2D eigenvalue weighted by Crippen LogP contribution is -2.23. The van der Waals surface area contributed by atoms with Crippen LogP contribution in [0.1, 0.15) is 11.5 Å². The van der Waals surface area contributed by atoms with Gasteiger partial charge in [-0.3, -0.25) is 4.79 Å². The van der Waals surface area contributed by atoms with E-state index in [4.69, 9.17) is 16.0 Å². The zero-order valence-corrected chi connectivity index (χ0v) is 13.6. The maximum Gasteiger partial charge on any atom is 0.276 e. The van der Waals surface area contributed by atoms with Crippen molar-refractivity contribution in [3.05, 3.63) is 67.8 Å². The Labute approximate surface area is 139 Å². The SMILES string of the molecule is Cc1ccc(C=c2sc3nnc(-c4ccc(Cl)cc4)n3c2=O)o1. The van der Waals surface area contributed by atoms with E-state index in [1.54, 1.807) is 18.2 Å². The van der Waals surface area contributed by atoms with Gasteiger partial charge in [-0.05, 0) is 43.3 Å². The maximum absolute atomic E-state index is 12.7. The Morgan fingerprint density at radius 2 is 1.96 bits per heavy atom. The van der Waals surface area contributed by atoms with Gasteiger partial charge in [-0.1, -0.05) is 22.9 Å². The van der Waals surface area contributed by atoms with Crippen LogP contribution in [0, 0.1) is 6.92 Å². The average Bonchev–Trinajstić information content (AvgIpc) is 3.20. The molecule has 23 heavy (non-hydrogen) atoms. The van der Waals surface area contributed by atoms with Crippen LogP contribution in [0.15, 0.2) is 45.6 Å². The molecule has 0 atom stereocenters. The van der Waals surface area contributed by atoms with Gasteiger partial charge in [0.05, 0.1) is 0 Å². The largest absolute Gasteiger partial charge is 0.462 e. The number of fused-ring (bicyclic) bond motifs is 1. The summed E-state index contributed by atoms with van der Waals surface area (Å²) in [7, 11) is 0. The van der Waals surface area contributed by atoms with Crippen molar-refractivity contribution in [1.29, 1.82) is 0 Å². The number of furan rings is 1. The van der Waals surface area contributed by atoms with Crippen LogP contribution in [0.5, 0.6) is 0 Å². The lowest BCUT2D eigenvalue weighted by molar-refractivity contribution is 0.525. The second kappa shape index (κ2) is 5.33. The molecule has 3 aromatic heterocycles. The van der Waals surface area contributed by atoms with E-state index in [0.717, 1.165) is 11.3 Å². The molecule has 0 radical (unpaired) electrons. The second-order valence-electron chi connectivity index (χ2n) is 5.01. The molecular weight excluding hydrogens is 334 g/mol. The van der Waals surface area contributed by atoms with E-state index < -0.39 is 0 Å². The third kappa shape index (κ3) is 2.46. The molecule has 7 heteroatoms. The number of hydrogen-bond acceptors (Lipinski definition) is 5. The second-order valence-corrected chi connectivity index (χ2v) is 6.46. The Morgan fingerprint density at radius 1 is 1.17 bits per heavy atom. The Morgan fingerprint density at radius 3 is 2.65 bits per heavy atom. The van der Waals surface area contributed by atoms with Gasteiger partial charge in [0.2, 0.25) is 4.96 Å². The topological polar surface area (TPSA) is 60.4 Å². The van der Waals surface area contributed by atoms with Gasteiger partial charge >= 0.3 is 0 Å². The molecule has 0 fully saturated rings. The molecule has 0 spiro atoms. The highest BCUT2D eigenvalue weighted by Gasteiger charge is 2.14. The number of rotatable bonds is 2. The highest BCUT2D eigenvalue weighted by atomic mass is 35.5. The highest BCUT2D eigenvalue weighted by Crippen LogP contribution is 2.20. The van der Waals surface area contributed by atoms with Crippen LogP contribution in [0.2, 0.25) is 5.02 Å². The number of aryl methyl sites for hydroxylation is 1. The minimum Gasteiger partial charge on any atom is -0.462 e. The zero-order chi connectivity index (χ0) is 16.0. The minimum atomic E-state index is -0.158. The summed E-state index contributed by atoms with van der Waals surface area (Å²) in [5.41, 5.74) is 0.631. The first-order chi connectivity index (χ1) is 11.1. The van der Waals surface area contributed by atoms with Crippen LogP contribution in [0.3, 0.4) is 0 Å². The van der Waals surface area contributed by atoms with Crippen LogP contribution in [-0.2, 0) is 0 Å². The van der Waals surface area contributed by atoms with Crippen molar-refractivity contribution in [2.24, 2.45) is 0 Å². The summed E-state index contributed by atoms with van der Waals surface area (Å²) in [5, 5.41) is 8.83. The monoisotopic (exact) mass is 343 g/mol. The van der Waals surface area contributed by atoms with Gasteiger partial charge in [-0.15, -0.1) is 10.2 Å². The lowest BCUT2D eigenvalue weighted by Gasteiger charge is -1.96. The molecule has 0 bridgehead atoms. The number of benzene rings is 1. The number of hydrogen-bond donors (Lipinski definition) is 0. The standard InChI is InChI=1S/C16H10ClN3O2S/c1-9-2-7-12(22-9)8-13-15(21)20-14(18-19-16(20)23-13)10-3-5-11(17)6-4-10/h2-8H,1H3. The fourth-order valence-corrected chi connectivity index (χ4v) is 3.33. The van der Waals surface area contributed by atoms with E-state index in [2.05, 4.69) is 10.2 Å². The first-order valence-corrected chi connectivity index (χ1v) is 8.03. The summed E-state index contributed by atoms with van der Waals surface area (Å²) < 4.78 is 7.56. The van der Waals surface area contributed by atoms with Gasteiger partial charge in [0.15, 0.2) is 5.82 Å². The van der Waals surface area contributed by atoms with Crippen molar-refractivity contribution in [2.45, 2.75) is 6.92 Å². The predicted molar refractivity (Wildman–Crippen MR) is 89.8 cm³/mol. The third-order valence-corrected chi connectivity index (χ3v) is 4.60. The van der Waals surface area contributed by atoms with Crippen molar-refractivity contribution in [1.82, 2.24) is 14.6 Å². The van der Waals surface area contributed by atoms with Gasteiger partial charge in [0.25, 0.3) is 5.56 Å². The fourth-order valence-electron chi connectivity index (χ4n) is 2.31. The molecule has 3 heterocycles. The summed E-state index contributed by atoms with van der Waals surface area (Å²) in [6, 6.07) is 10.8. The summed E-state index contributed by atoms with van der Waals surface area (Å²) in [5.74, 6) is 1.95. The Hall–Kier alpha value is -2.44. The Kier molecular flexibility index (Phi) is 3.28. The number of thiazole rings is 1. The molecule has 4 aromatic rings. The molecule has 0 saturated heterocycles. The van der Waals surface area contributed by atoms with Crippen molar-refractivity contribution >= 4 is 34.0 Å². The van der Waals surface area contributed by atoms with Crippen molar-refractivity contribution < 1.29 is 4.42 Å². The van der Waals surface area contributed by atoms with Gasteiger partial charge in [0.1, 0.15) is 16.1 Å². The number of aromatic nitrogens is 3. The van der Waals surface area contributed by atoms with Crippen LogP contribution >= 0.6 is 22.9 Å². The molecule has 0 aliphatic rings. The molecule has 0 aliphatic carbocycles. The average molecular weight is 344 g/mol. The summed E-state index contributed by atoms with van der Waals surface area (Å²) in [6.45, 7) is 1.86. The molecule has 0 unspecified atom stereocenters. The van der Waals surface area contributed by atoms with E-state index in [9.17, 15) is 4.79 Å². The zero-order valence-electron chi connectivity index (χ0n) is 12.0. The molecule has 114 valence electrons. The Balaban J connectivity index is 1.91. The van der Waals surface area contributed by atoms with Crippen molar-refractivity contribution in [3.8, 4) is 11.4 Å². The van der Waals surface area contributed by atoms with Gasteiger partial charge in [-0.2, -0.15) is 0 Å². The third-order valence-electron chi connectivity index (χ3n) is 3.39. The van der Waals surface area contributed by atoms with E-state index >= 15 is 0 Å². The highest BCUT2D eigenvalue weighted by molar-refractivity contribution is 7.15. The molecule has 0 aliphatic heterocycles. The quantitative estimate of drug-likeness (QED) is 0.561. The molecule has 0 saturated carbocycles. The lowest BCUT2D eigenvalue weighted by atomic mass is 10.2. The first kappa shape index (κ1) is 14.2. The molecular formula is C16H10ClN3O2S. The number of nitrogens with zero attached hydrogens (tertiary/aromatic N) is 3. The fraction of sp³-hybridized carbons (Fsp3) is 0.0625. The van der Waals surface area contributed by atoms with Gasteiger partial charge in [-0.25, -0.2) is 4.40 Å². The summed E-state index contributed by atoms with van der Waals surface area (Å²) in [4.78, 5) is 13.2. The maximum atomic E-state index is 12.7. The van der Waals surface area contributed by atoms with E-state index in [1.165, 1.54) is 15.7 Å². The summed E-state index contributed by atoms with van der Waals surface area (Å²) >= 11 is 7.18. The molecule has 4 rings (SSSR count). The van der Waals surface area contributed by atoms with E-state index in [1.807, 2.05) is 31.2 Å². The van der Waals surface area contributed by atoms with Crippen LogP contribution in [0.25, 0.3) is 22.4 Å². The molecule has 5 nitrogen and oxygen atoms in total. The van der Waals surface area contributed by atoms with Crippen LogP contribution < -0.4 is 10.1 Å². The minimum absolute atomic E-state index is 0.158. The summed E-state index contributed by atoms with van der Waals surface area (Å²) in [6.07, 6.45) is 1.72. The Bertz CT molecular complexity index is 1110. The van der Waals surface area contributed by atoms with Crippen LogP contribution in [-0.4, -0.2) is 14.6 Å². The molecule has 1 aromatic carbocycles. The van der Waals surface area contributed by atoms with Crippen LogP contribution in [0.4, 0.5) is 0 Å². The number of halogens is 1. The van der Waals surface area contributed by atoms with E-state index in [-0.39, 0.29) is 5.56 Å². The van der Waals surface area contributed by atoms with Crippen molar-refractivity contribution in [2.75, 3.05) is 0 Å². The first-order valence-electron chi connectivity index (χ1n) is 6.84. The molecule has 0 amide bonds. The van der Waals surface area contributed by atoms with Gasteiger partial charge in [0, 0.05) is 16.7 Å². The molecule has 0 N–H and O–H groups in total. The smallest absolute Gasteiger partial charge is 0.276 e. The normalized spacial score (nSPS) is 12.3. The van der Waals surface area contributed by atoms with Crippen molar-refractivity contribution in [3.63, 3.8) is 0 Å².